The molecule has 3 aromatic rings. The van der Waals surface area contributed by atoms with Crippen LogP contribution < -0.4 is 14.8 Å². The highest BCUT2D eigenvalue weighted by atomic mass is 32.2. The van der Waals surface area contributed by atoms with Gasteiger partial charge in [-0.25, -0.2) is 9.38 Å². The van der Waals surface area contributed by atoms with Crippen molar-refractivity contribution in [2.45, 2.75) is 24.4 Å². The smallest absolute Gasteiger partial charge is 0.416 e. The van der Waals surface area contributed by atoms with Crippen LogP contribution in [0, 0.1) is 5.82 Å². The highest BCUT2D eigenvalue weighted by Gasteiger charge is 2.36. The Morgan fingerprint density at radius 1 is 1.05 bits per heavy atom. The molecule has 38 heavy (non-hydrogen) atoms. The lowest BCUT2D eigenvalue weighted by Crippen LogP contribution is -2.44. The maximum atomic E-state index is 13.3. The minimum Gasteiger partial charge on any atom is -0.454 e. The van der Waals surface area contributed by atoms with Crippen molar-refractivity contribution in [1.82, 2.24) is 4.90 Å². The summed E-state index contributed by atoms with van der Waals surface area (Å²) in [6.45, 7) is 0.122. The van der Waals surface area contributed by atoms with E-state index in [1.54, 1.807) is 18.2 Å². The van der Waals surface area contributed by atoms with Crippen LogP contribution in [0.1, 0.15) is 17.5 Å². The van der Waals surface area contributed by atoms with Crippen molar-refractivity contribution >= 4 is 40.1 Å². The molecule has 196 valence electrons. The number of nitrogens with one attached hydrogen (secondary N) is 1. The van der Waals surface area contributed by atoms with Gasteiger partial charge in [-0.2, -0.15) is 13.2 Å². The van der Waals surface area contributed by atoms with Crippen LogP contribution in [0.5, 0.6) is 11.5 Å². The number of amides is 2. The third kappa shape index (κ3) is 5.75. The number of amidine groups is 1. The fourth-order valence-electron chi connectivity index (χ4n) is 3.84. The van der Waals surface area contributed by atoms with Gasteiger partial charge in [-0.3, -0.25) is 14.5 Å². The van der Waals surface area contributed by atoms with Crippen molar-refractivity contribution in [2.24, 2.45) is 4.99 Å². The minimum atomic E-state index is -4.57. The maximum absolute atomic E-state index is 13.3. The van der Waals surface area contributed by atoms with E-state index in [1.165, 1.54) is 41.3 Å². The van der Waals surface area contributed by atoms with Crippen molar-refractivity contribution < 1.29 is 36.6 Å². The van der Waals surface area contributed by atoms with E-state index in [0.29, 0.717) is 22.7 Å². The molecule has 2 heterocycles. The van der Waals surface area contributed by atoms with Gasteiger partial charge in [0.25, 0.3) is 0 Å². The molecule has 1 atom stereocenters. The Morgan fingerprint density at radius 2 is 1.82 bits per heavy atom. The van der Waals surface area contributed by atoms with Gasteiger partial charge in [-0.15, -0.1) is 0 Å². The summed E-state index contributed by atoms with van der Waals surface area (Å²) in [5.74, 6) is -0.364. The molecule has 0 aliphatic carbocycles. The van der Waals surface area contributed by atoms with Gasteiger partial charge in [0.2, 0.25) is 18.6 Å². The second-order valence-corrected chi connectivity index (χ2v) is 9.59. The summed E-state index contributed by atoms with van der Waals surface area (Å²) in [5, 5.41) is 1.79. The summed E-state index contributed by atoms with van der Waals surface area (Å²) in [4.78, 5) is 31.8. The topological polar surface area (TPSA) is 80.2 Å². The van der Waals surface area contributed by atoms with E-state index in [2.05, 4.69) is 10.3 Å². The number of aliphatic imine (C=N–C) groups is 1. The van der Waals surface area contributed by atoms with Crippen molar-refractivity contribution in [3.63, 3.8) is 0 Å². The molecule has 0 bridgehead atoms. The first kappa shape index (κ1) is 25.6. The zero-order valence-corrected chi connectivity index (χ0v) is 20.3. The number of nitrogens with zero attached hydrogens (tertiary/aromatic N) is 2. The van der Waals surface area contributed by atoms with Crippen LogP contribution in [-0.4, -0.2) is 33.9 Å². The average Bonchev–Trinajstić information content (AvgIpc) is 3.35. The van der Waals surface area contributed by atoms with Gasteiger partial charge in [0.1, 0.15) is 11.1 Å². The highest BCUT2D eigenvalue weighted by molar-refractivity contribution is 8.15. The van der Waals surface area contributed by atoms with E-state index in [9.17, 15) is 27.2 Å². The number of hydrogen-bond acceptors (Lipinski definition) is 6. The lowest BCUT2D eigenvalue weighted by atomic mass is 10.1. The lowest BCUT2D eigenvalue weighted by molar-refractivity contribution is -0.137. The Balaban J connectivity index is 1.44. The molecule has 2 aliphatic rings. The first-order valence-corrected chi connectivity index (χ1v) is 12.2. The molecular weight excluding hydrogens is 526 g/mol. The second kappa shape index (κ2) is 10.4. The molecule has 7 nitrogen and oxygen atoms in total. The van der Waals surface area contributed by atoms with Crippen molar-refractivity contribution in [1.29, 1.82) is 0 Å². The number of anilines is 1. The number of alkyl halides is 3. The van der Waals surface area contributed by atoms with Crippen LogP contribution >= 0.6 is 11.8 Å². The molecule has 1 N–H and O–H groups in total. The van der Waals surface area contributed by atoms with Crippen LogP contribution in [0.3, 0.4) is 0 Å². The van der Waals surface area contributed by atoms with Crippen molar-refractivity contribution in [3.05, 3.63) is 83.7 Å². The van der Waals surface area contributed by atoms with E-state index in [1.807, 2.05) is 0 Å². The van der Waals surface area contributed by atoms with Gasteiger partial charge in [0.15, 0.2) is 16.7 Å². The fourth-order valence-corrected chi connectivity index (χ4v) is 4.93. The number of hydrogen-bond donors (Lipinski definition) is 1. The van der Waals surface area contributed by atoms with E-state index in [-0.39, 0.29) is 30.6 Å². The Hall–Kier alpha value is -4.06. The normalized spacial score (nSPS) is 18.1. The number of carbonyl (C=O) groups is 2. The van der Waals surface area contributed by atoms with E-state index in [0.717, 1.165) is 23.9 Å². The number of fused-ring (bicyclic) bond motifs is 1. The Kier molecular flexibility index (Phi) is 6.98. The monoisotopic (exact) mass is 545 g/mol. The quantitative estimate of drug-likeness (QED) is 0.414. The molecule has 0 spiro atoms. The van der Waals surface area contributed by atoms with Gasteiger partial charge in [0, 0.05) is 12.1 Å². The van der Waals surface area contributed by atoms with Crippen LogP contribution in [0.2, 0.25) is 0 Å². The number of halogens is 4. The predicted molar refractivity (Wildman–Crippen MR) is 133 cm³/mol. The summed E-state index contributed by atoms with van der Waals surface area (Å²) in [7, 11) is 0. The lowest BCUT2D eigenvalue weighted by Gasteiger charge is -2.32. The van der Waals surface area contributed by atoms with Crippen LogP contribution in [0.4, 0.5) is 28.9 Å². The number of carbonyl (C=O) groups excluding carboxylic acids is 2. The Labute approximate surface area is 218 Å². The van der Waals surface area contributed by atoms with Crippen LogP contribution in [0.15, 0.2) is 71.7 Å². The number of ether oxygens (including phenoxy) is 2. The first-order valence-electron chi connectivity index (χ1n) is 11.3. The number of rotatable bonds is 5. The average molecular weight is 546 g/mol. The summed E-state index contributed by atoms with van der Waals surface area (Å²) in [6, 6.07) is 14.7. The molecule has 5 rings (SSSR count). The molecule has 1 fully saturated rings. The summed E-state index contributed by atoms with van der Waals surface area (Å²) in [6.07, 6.45) is -4.75. The molecule has 12 heteroatoms. The van der Waals surface area contributed by atoms with Gasteiger partial charge in [0.05, 0.1) is 17.8 Å². The molecule has 0 radical (unpaired) electrons. The summed E-state index contributed by atoms with van der Waals surface area (Å²) >= 11 is 0.959. The SMILES string of the molecule is O=C(Nc1ccc(F)cc1)[C@H]1CC(=O)N(Cc2ccc3c(c2)OCO3)C(=Nc2cccc(C(F)(F)F)c2)S1. The summed E-state index contributed by atoms with van der Waals surface area (Å²) in [5.41, 5.74) is 0.0996. The maximum Gasteiger partial charge on any atom is 0.416 e. The largest absolute Gasteiger partial charge is 0.454 e. The number of thioether (sulfide) groups is 1. The zero-order valence-electron chi connectivity index (χ0n) is 19.5. The highest BCUT2D eigenvalue weighted by Crippen LogP contribution is 2.36. The van der Waals surface area contributed by atoms with Gasteiger partial charge >= 0.3 is 6.18 Å². The molecule has 0 aromatic heterocycles. The third-order valence-corrected chi connectivity index (χ3v) is 6.91. The molecule has 2 aliphatic heterocycles. The van der Waals surface area contributed by atoms with E-state index >= 15 is 0 Å². The molecule has 1 saturated heterocycles. The van der Waals surface area contributed by atoms with Gasteiger partial charge in [-0.1, -0.05) is 23.9 Å². The Bertz CT molecular complexity index is 1410. The molecule has 3 aromatic carbocycles. The Morgan fingerprint density at radius 3 is 2.58 bits per heavy atom. The number of benzene rings is 3. The molecule has 0 unspecified atom stereocenters. The van der Waals surface area contributed by atoms with Crippen molar-refractivity contribution in [3.8, 4) is 11.5 Å². The van der Waals surface area contributed by atoms with E-state index in [4.69, 9.17) is 9.47 Å². The predicted octanol–water partition coefficient (Wildman–Crippen LogP) is 5.73. The first-order chi connectivity index (χ1) is 18.2. The minimum absolute atomic E-state index is 0.0228. The van der Waals surface area contributed by atoms with Gasteiger partial charge in [-0.05, 0) is 60.2 Å². The van der Waals surface area contributed by atoms with Crippen LogP contribution in [0.25, 0.3) is 0 Å². The fraction of sp³-hybridized carbons (Fsp3) is 0.192. The van der Waals surface area contributed by atoms with E-state index < -0.39 is 34.6 Å². The zero-order chi connectivity index (χ0) is 26.9. The second-order valence-electron chi connectivity index (χ2n) is 8.42. The molecule has 2 amide bonds. The third-order valence-electron chi connectivity index (χ3n) is 5.72. The van der Waals surface area contributed by atoms with Crippen LogP contribution in [-0.2, 0) is 22.3 Å². The van der Waals surface area contributed by atoms with Gasteiger partial charge < -0.3 is 14.8 Å². The van der Waals surface area contributed by atoms with Crippen molar-refractivity contribution in [2.75, 3.05) is 12.1 Å². The standard InChI is InChI=1S/C26H19F4N3O4S/c27-17-5-7-18(8-6-17)31-24(35)22-12-23(34)33(13-15-4-9-20-21(10-15)37-14-36-20)25(38-22)32-19-3-1-2-16(11-19)26(28,29)30/h1-11,22H,12-14H2,(H,31,35)/t22-/m1/s1. The summed E-state index contributed by atoms with van der Waals surface area (Å²) < 4.78 is 63.7. The molecule has 0 saturated carbocycles. The molecular formula is C26H19F4N3O4S.